The van der Waals surface area contributed by atoms with Crippen molar-refractivity contribution in [1.82, 2.24) is 14.9 Å². The lowest BCUT2D eigenvalue weighted by Crippen LogP contribution is -2.57. The number of hydrogen-bond acceptors (Lipinski definition) is 6. The summed E-state index contributed by atoms with van der Waals surface area (Å²) >= 11 is 0. The number of alkyl halides is 3. The summed E-state index contributed by atoms with van der Waals surface area (Å²) in [5.74, 6) is -3.07. The number of rotatable bonds is 6. The van der Waals surface area contributed by atoms with Gasteiger partial charge in [-0.1, -0.05) is 18.7 Å². The van der Waals surface area contributed by atoms with Crippen LogP contribution in [0.1, 0.15) is 24.8 Å². The second-order valence-electron chi connectivity index (χ2n) is 8.41. The number of anilines is 1. The summed E-state index contributed by atoms with van der Waals surface area (Å²) in [6, 6.07) is -0.470. The maximum absolute atomic E-state index is 13.3. The average Bonchev–Trinajstić information content (AvgIpc) is 2.80. The zero-order chi connectivity index (χ0) is 25.8. The fraction of sp³-hybridized carbons (Fsp3) is 0.500. The quantitative estimate of drug-likeness (QED) is 0.421. The van der Waals surface area contributed by atoms with Crippen molar-refractivity contribution in [2.24, 2.45) is 5.92 Å². The van der Waals surface area contributed by atoms with Crippen LogP contribution in [0.5, 0.6) is 0 Å². The van der Waals surface area contributed by atoms with E-state index in [1.165, 1.54) is 12.2 Å². The van der Waals surface area contributed by atoms with Crippen LogP contribution in [0.2, 0.25) is 0 Å². The summed E-state index contributed by atoms with van der Waals surface area (Å²) in [6.07, 6.45) is 1.19. The van der Waals surface area contributed by atoms with Crippen LogP contribution in [-0.4, -0.2) is 66.4 Å². The number of carbonyl (C=O) groups excluding carboxylic acids is 1. The van der Waals surface area contributed by atoms with Gasteiger partial charge in [-0.15, -0.1) is 0 Å². The van der Waals surface area contributed by atoms with Crippen LogP contribution in [0, 0.1) is 5.92 Å². The number of carbonyl (C=O) groups is 1. The van der Waals surface area contributed by atoms with Crippen LogP contribution in [0.25, 0.3) is 0 Å². The zero-order valence-electron chi connectivity index (χ0n) is 18.7. The van der Waals surface area contributed by atoms with Gasteiger partial charge in [0.25, 0.3) is 0 Å². The topological polar surface area (TPSA) is 83.5 Å². The molecule has 0 bridgehead atoms. The molecule has 1 aromatic rings. The Bertz CT molecular complexity index is 1090. The number of halogens is 5. The summed E-state index contributed by atoms with van der Waals surface area (Å²) in [7, 11) is -3.15. The highest BCUT2D eigenvalue weighted by Gasteiger charge is 2.37. The fourth-order valence-electron chi connectivity index (χ4n) is 4.01. The first-order valence-electron chi connectivity index (χ1n) is 10.9. The molecule has 1 atom stereocenters. The Hall–Kier alpha value is -2.83. The van der Waals surface area contributed by atoms with E-state index in [9.17, 15) is 35.2 Å². The van der Waals surface area contributed by atoms with Gasteiger partial charge in [-0.05, 0) is 25.3 Å². The van der Waals surface area contributed by atoms with E-state index in [0.717, 1.165) is 6.08 Å². The van der Waals surface area contributed by atoms with E-state index in [0.29, 0.717) is 12.4 Å². The van der Waals surface area contributed by atoms with Crippen molar-refractivity contribution in [3.05, 3.63) is 54.4 Å². The standard InChI is InChI=1S/C22H25F5N4O3S/c1-15(23)19(24)5-3-2-4-18-14-30(21-28-12-17(13-29-21)22(25,26)27)8-9-31(18)20(32)16-6-10-35(33,34)11-7-16/h2-3,5,12-13,16,18H,1,4,6-11,14H2/b3-2-,19-5+/t18-/m0/s1. The Kier molecular flexibility index (Phi) is 8.29. The lowest BCUT2D eigenvalue weighted by Gasteiger charge is -2.43. The Labute approximate surface area is 199 Å². The van der Waals surface area contributed by atoms with E-state index >= 15 is 0 Å². The largest absolute Gasteiger partial charge is 0.419 e. The summed E-state index contributed by atoms with van der Waals surface area (Å²) in [5.41, 5.74) is -0.981. The van der Waals surface area contributed by atoms with E-state index in [-0.39, 0.29) is 62.3 Å². The molecular formula is C22H25F5N4O3S. The Morgan fingerprint density at radius 1 is 1.14 bits per heavy atom. The summed E-state index contributed by atoms with van der Waals surface area (Å²) in [4.78, 5) is 24.1. The van der Waals surface area contributed by atoms with Gasteiger partial charge in [-0.2, -0.15) is 13.2 Å². The SMILES string of the molecule is C=C(F)/C(F)=C\C=C/C[C@H]1CN(c2ncc(C(F)(F)F)cn2)CCN1C(=O)C1CCS(=O)(=O)CC1. The third-order valence-electron chi connectivity index (χ3n) is 5.96. The number of amides is 1. The number of sulfone groups is 1. The number of aromatic nitrogens is 2. The maximum atomic E-state index is 13.3. The third-order valence-corrected chi connectivity index (χ3v) is 7.68. The molecule has 3 heterocycles. The Morgan fingerprint density at radius 3 is 2.34 bits per heavy atom. The van der Waals surface area contributed by atoms with Crippen LogP contribution >= 0.6 is 0 Å². The van der Waals surface area contributed by atoms with Gasteiger partial charge in [0, 0.05) is 37.9 Å². The van der Waals surface area contributed by atoms with Gasteiger partial charge >= 0.3 is 6.18 Å². The van der Waals surface area contributed by atoms with E-state index in [1.54, 1.807) is 9.80 Å². The Morgan fingerprint density at radius 2 is 1.77 bits per heavy atom. The van der Waals surface area contributed by atoms with Gasteiger partial charge in [-0.25, -0.2) is 27.2 Å². The lowest BCUT2D eigenvalue weighted by atomic mass is 9.98. The average molecular weight is 521 g/mol. The smallest absolute Gasteiger partial charge is 0.337 e. The first-order chi connectivity index (χ1) is 16.4. The molecule has 0 aliphatic carbocycles. The maximum Gasteiger partial charge on any atom is 0.419 e. The van der Waals surface area contributed by atoms with Crippen molar-refractivity contribution in [1.29, 1.82) is 0 Å². The molecule has 2 aliphatic rings. The van der Waals surface area contributed by atoms with Crippen molar-refractivity contribution in [2.75, 3.05) is 36.0 Å². The second-order valence-corrected chi connectivity index (χ2v) is 10.7. The summed E-state index contributed by atoms with van der Waals surface area (Å²) in [5, 5.41) is 0. The number of piperazine rings is 1. The molecule has 192 valence electrons. The molecule has 7 nitrogen and oxygen atoms in total. The molecule has 0 spiro atoms. The van der Waals surface area contributed by atoms with Crippen LogP contribution in [0.4, 0.5) is 27.9 Å². The molecular weight excluding hydrogens is 495 g/mol. The molecule has 2 saturated heterocycles. The molecule has 3 rings (SSSR count). The van der Waals surface area contributed by atoms with E-state index in [2.05, 4.69) is 16.5 Å². The normalized spacial score (nSPS) is 22.0. The molecule has 0 unspecified atom stereocenters. The van der Waals surface area contributed by atoms with Crippen molar-refractivity contribution in [3.63, 3.8) is 0 Å². The lowest BCUT2D eigenvalue weighted by molar-refractivity contribution is -0.139. The van der Waals surface area contributed by atoms with Crippen molar-refractivity contribution < 1.29 is 35.2 Å². The second kappa shape index (κ2) is 10.8. The number of nitrogens with zero attached hydrogens (tertiary/aromatic N) is 4. The van der Waals surface area contributed by atoms with Crippen LogP contribution < -0.4 is 4.90 Å². The molecule has 35 heavy (non-hydrogen) atoms. The minimum atomic E-state index is -4.57. The van der Waals surface area contributed by atoms with Gasteiger partial charge in [0.1, 0.15) is 9.84 Å². The molecule has 0 radical (unpaired) electrons. The monoisotopic (exact) mass is 520 g/mol. The van der Waals surface area contributed by atoms with Crippen molar-refractivity contribution in [3.8, 4) is 0 Å². The first-order valence-corrected chi connectivity index (χ1v) is 12.7. The van der Waals surface area contributed by atoms with Gasteiger partial charge in [-0.3, -0.25) is 4.79 Å². The predicted octanol–water partition coefficient (Wildman–Crippen LogP) is 3.62. The highest BCUT2D eigenvalue weighted by Crippen LogP contribution is 2.29. The van der Waals surface area contributed by atoms with Crippen molar-refractivity contribution >= 4 is 21.7 Å². The van der Waals surface area contributed by atoms with E-state index < -0.39 is 45.2 Å². The zero-order valence-corrected chi connectivity index (χ0v) is 19.5. The minimum absolute atomic E-state index is 0.0650. The van der Waals surface area contributed by atoms with Crippen molar-refractivity contribution in [2.45, 2.75) is 31.5 Å². The molecule has 0 saturated carbocycles. The van der Waals surface area contributed by atoms with Gasteiger partial charge in [0.2, 0.25) is 11.9 Å². The highest BCUT2D eigenvalue weighted by atomic mass is 32.2. The fourth-order valence-corrected chi connectivity index (χ4v) is 5.50. The third kappa shape index (κ3) is 7.09. The molecule has 1 amide bonds. The molecule has 2 aliphatic heterocycles. The number of allylic oxidation sites excluding steroid dienone is 4. The minimum Gasteiger partial charge on any atom is -0.337 e. The summed E-state index contributed by atoms with van der Waals surface area (Å²) in [6.45, 7) is 3.53. The molecule has 13 heteroatoms. The highest BCUT2D eigenvalue weighted by molar-refractivity contribution is 7.91. The van der Waals surface area contributed by atoms with E-state index in [4.69, 9.17) is 0 Å². The summed E-state index contributed by atoms with van der Waals surface area (Å²) < 4.78 is 88.0. The molecule has 0 N–H and O–H groups in total. The Balaban J connectivity index is 1.76. The predicted molar refractivity (Wildman–Crippen MR) is 119 cm³/mol. The van der Waals surface area contributed by atoms with Gasteiger partial charge < -0.3 is 9.80 Å². The van der Waals surface area contributed by atoms with Gasteiger partial charge in [0.05, 0.1) is 23.1 Å². The molecule has 0 aromatic carbocycles. The van der Waals surface area contributed by atoms with Crippen LogP contribution in [-0.2, 0) is 20.8 Å². The number of hydrogen-bond donors (Lipinski definition) is 0. The molecule has 2 fully saturated rings. The molecule has 1 aromatic heterocycles. The first kappa shape index (κ1) is 26.8. The van der Waals surface area contributed by atoms with Crippen LogP contribution in [0.3, 0.4) is 0 Å². The van der Waals surface area contributed by atoms with E-state index in [1.807, 2.05) is 0 Å². The van der Waals surface area contributed by atoms with Crippen LogP contribution in [0.15, 0.2) is 48.9 Å². The van der Waals surface area contributed by atoms with Gasteiger partial charge in [0.15, 0.2) is 11.7 Å².